The molecule has 1 aliphatic heterocycles. The highest BCUT2D eigenvalue weighted by atomic mass is 15.1. The van der Waals surface area contributed by atoms with Gasteiger partial charge in [0, 0.05) is 13.1 Å². The lowest BCUT2D eigenvalue weighted by atomic mass is 9.89. The summed E-state index contributed by atoms with van der Waals surface area (Å²) >= 11 is 0. The third kappa shape index (κ3) is 1.77. The summed E-state index contributed by atoms with van der Waals surface area (Å²) in [5, 5.41) is 12.1. The summed E-state index contributed by atoms with van der Waals surface area (Å²) < 4.78 is 0. The second kappa shape index (κ2) is 3.88. The van der Waals surface area contributed by atoms with Crippen molar-refractivity contribution < 1.29 is 0 Å². The van der Waals surface area contributed by atoms with E-state index in [4.69, 9.17) is 5.26 Å². The molecule has 1 fully saturated rings. The summed E-state index contributed by atoms with van der Waals surface area (Å²) in [7, 11) is 1.88. The predicted molar refractivity (Wildman–Crippen MR) is 48.8 cm³/mol. The molecule has 68 valence electrons. The molecule has 0 aromatic heterocycles. The van der Waals surface area contributed by atoms with Crippen molar-refractivity contribution in [1.82, 2.24) is 10.2 Å². The van der Waals surface area contributed by atoms with E-state index < -0.39 is 0 Å². The molecule has 0 spiro atoms. The molecule has 0 atom stereocenters. The second-order valence-corrected chi connectivity index (χ2v) is 3.38. The first kappa shape index (κ1) is 9.50. The molecule has 0 radical (unpaired) electrons. The number of hydrogen-bond acceptors (Lipinski definition) is 3. The Bertz CT molecular complexity index is 175. The van der Waals surface area contributed by atoms with Gasteiger partial charge < -0.3 is 10.2 Å². The lowest BCUT2D eigenvalue weighted by molar-refractivity contribution is 0.179. The van der Waals surface area contributed by atoms with Gasteiger partial charge in [0.1, 0.15) is 5.54 Å². The summed E-state index contributed by atoms with van der Waals surface area (Å²) in [6, 6.07) is 2.37. The molecule has 0 bridgehead atoms. The fraction of sp³-hybridized carbons (Fsp3) is 0.889. The third-order valence-electron chi connectivity index (χ3n) is 2.85. The van der Waals surface area contributed by atoms with Crippen molar-refractivity contribution in [3.05, 3.63) is 0 Å². The van der Waals surface area contributed by atoms with E-state index >= 15 is 0 Å². The maximum atomic E-state index is 8.97. The standard InChI is InChI=1S/C9H17N3/c1-3-12-6-4-9(8-10,11-2)5-7-12/h11H,3-7H2,1-2H3. The van der Waals surface area contributed by atoms with Crippen LogP contribution >= 0.6 is 0 Å². The summed E-state index contributed by atoms with van der Waals surface area (Å²) in [5.41, 5.74) is -0.244. The number of likely N-dealkylation sites (tertiary alicyclic amines) is 1. The molecule has 0 aliphatic carbocycles. The van der Waals surface area contributed by atoms with E-state index in [1.807, 2.05) is 7.05 Å². The van der Waals surface area contributed by atoms with Crippen molar-refractivity contribution in [3.63, 3.8) is 0 Å². The van der Waals surface area contributed by atoms with Crippen LogP contribution < -0.4 is 5.32 Å². The highest BCUT2D eigenvalue weighted by Crippen LogP contribution is 2.20. The van der Waals surface area contributed by atoms with Crippen molar-refractivity contribution in [3.8, 4) is 6.07 Å². The normalized spacial score (nSPS) is 23.4. The maximum Gasteiger partial charge on any atom is 0.108 e. The molecule has 3 heteroatoms. The lowest BCUT2D eigenvalue weighted by Crippen LogP contribution is -2.51. The van der Waals surface area contributed by atoms with Crippen LogP contribution in [0.3, 0.4) is 0 Å². The Morgan fingerprint density at radius 3 is 2.42 bits per heavy atom. The minimum absolute atomic E-state index is 0.244. The zero-order valence-electron chi connectivity index (χ0n) is 7.93. The Kier molecular flexibility index (Phi) is 3.07. The molecule has 1 aliphatic rings. The molecule has 1 heterocycles. The van der Waals surface area contributed by atoms with E-state index in [1.165, 1.54) is 0 Å². The van der Waals surface area contributed by atoms with Crippen LogP contribution in [-0.2, 0) is 0 Å². The van der Waals surface area contributed by atoms with E-state index in [-0.39, 0.29) is 5.54 Å². The SMILES string of the molecule is CCN1CCC(C#N)(NC)CC1. The first-order valence-electron chi connectivity index (χ1n) is 4.59. The number of piperidine rings is 1. The van der Waals surface area contributed by atoms with Gasteiger partial charge in [-0.25, -0.2) is 0 Å². The molecule has 3 nitrogen and oxygen atoms in total. The molecule has 1 saturated heterocycles. The highest BCUT2D eigenvalue weighted by Gasteiger charge is 2.32. The van der Waals surface area contributed by atoms with Crippen LogP contribution in [0.4, 0.5) is 0 Å². The number of nitrogens with one attached hydrogen (secondary N) is 1. The Hall–Kier alpha value is -0.590. The van der Waals surface area contributed by atoms with Gasteiger partial charge >= 0.3 is 0 Å². The maximum absolute atomic E-state index is 8.97. The number of rotatable bonds is 2. The molecular weight excluding hydrogens is 150 g/mol. The Balaban J connectivity index is 2.49. The van der Waals surface area contributed by atoms with Crippen LogP contribution in [0.15, 0.2) is 0 Å². The van der Waals surface area contributed by atoms with Gasteiger partial charge in [0.25, 0.3) is 0 Å². The average Bonchev–Trinajstić information content (AvgIpc) is 2.18. The van der Waals surface area contributed by atoms with Crippen LogP contribution in [0.5, 0.6) is 0 Å². The quantitative estimate of drug-likeness (QED) is 0.654. The monoisotopic (exact) mass is 167 g/mol. The lowest BCUT2D eigenvalue weighted by Gasteiger charge is -2.36. The fourth-order valence-corrected chi connectivity index (χ4v) is 1.67. The largest absolute Gasteiger partial charge is 0.303 e. The van der Waals surface area contributed by atoms with Crippen LogP contribution in [-0.4, -0.2) is 37.1 Å². The van der Waals surface area contributed by atoms with Crippen molar-refractivity contribution in [2.24, 2.45) is 0 Å². The zero-order chi connectivity index (χ0) is 9.03. The van der Waals surface area contributed by atoms with Crippen LogP contribution in [0.25, 0.3) is 0 Å². The van der Waals surface area contributed by atoms with Gasteiger partial charge in [0.2, 0.25) is 0 Å². The second-order valence-electron chi connectivity index (χ2n) is 3.38. The van der Waals surface area contributed by atoms with E-state index in [9.17, 15) is 0 Å². The van der Waals surface area contributed by atoms with E-state index in [1.54, 1.807) is 0 Å². The number of nitriles is 1. The Morgan fingerprint density at radius 1 is 1.50 bits per heavy atom. The number of nitrogens with zero attached hydrogens (tertiary/aromatic N) is 2. The van der Waals surface area contributed by atoms with Crippen molar-refractivity contribution in [1.29, 1.82) is 5.26 Å². The van der Waals surface area contributed by atoms with E-state index in [2.05, 4.69) is 23.2 Å². The first-order valence-corrected chi connectivity index (χ1v) is 4.59. The highest BCUT2D eigenvalue weighted by molar-refractivity contribution is 5.08. The van der Waals surface area contributed by atoms with Gasteiger partial charge in [0.05, 0.1) is 6.07 Å². The van der Waals surface area contributed by atoms with Crippen molar-refractivity contribution in [2.75, 3.05) is 26.7 Å². The van der Waals surface area contributed by atoms with Crippen LogP contribution in [0, 0.1) is 11.3 Å². The minimum atomic E-state index is -0.244. The van der Waals surface area contributed by atoms with Crippen molar-refractivity contribution >= 4 is 0 Å². The van der Waals surface area contributed by atoms with Gasteiger partial charge in [0.15, 0.2) is 0 Å². The van der Waals surface area contributed by atoms with E-state index in [0.717, 1.165) is 32.5 Å². The third-order valence-corrected chi connectivity index (χ3v) is 2.85. The smallest absolute Gasteiger partial charge is 0.108 e. The van der Waals surface area contributed by atoms with Gasteiger partial charge in [-0.2, -0.15) is 5.26 Å². The summed E-state index contributed by atoms with van der Waals surface area (Å²) in [4.78, 5) is 2.38. The van der Waals surface area contributed by atoms with Gasteiger partial charge in [-0.1, -0.05) is 6.92 Å². The summed E-state index contributed by atoms with van der Waals surface area (Å²) in [6.07, 6.45) is 1.90. The average molecular weight is 167 g/mol. The molecule has 1 rings (SSSR count). The number of hydrogen-bond donors (Lipinski definition) is 1. The zero-order valence-corrected chi connectivity index (χ0v) is 7.93. The molecule has 1 N–H and O–H groups in total. The van der Waals surface area contributed by atoms with E-state index in [0.29, 0.717) is 0 Å². The topological polar surface area (TPSA) is 39.1 Å². The van der Waals surface area contributed by atoms with Crippen LogP contribution in [0.1, 0.15) is 19.8 Å². The first-order chi connectivity index (χ1) is 5.76. The molecule has 0 aromatic carbocycles. The molecule has 0 amide bonds. The molecule has 12 heavy (non-hydrogen) atoms. The summed E-state index contributed by atoms with van der Waals surface area (Å²) in [6.45, 7) is 5.36. The Morgan fingerprint density at radius 2 is 2.08 bits per heavy atom. The predicted octanol–water partition coefficient (Wildman–Crippen LogP) is 0.584. The van der Waals surface area contributed by atoms with Crippen LogP contribution in [0.2, 0.25) is 0 Å². The molecular formula is C9H17N3. The van der Waals surface area contributed by atoms with Crippen molar-refractivity contribution in [2.45, 2.75) is 25.3 Å². The molecule has 0 aromatic rings. The van der Waals surface area contributed by atoms with Gasteiger partial charge in [-0.3, -0.25) is 0 Å². The molecule has 0 saturated carbocycles. The molecule has 0 unspecified atom stereocenters. The fourth-order valence-electron chi connectivity index (χ4n) is 1.67. The Labute approximate surface area is 74.4 Å². The van der Waals surface area contributed by atoms with Gasteiger partial charge in [-0.15, -0.1) is 0 Å². The van der Waals surface area contributed by atoms with Gasteiger partial charge in [-0.05, 0) is 26.4 Å². The summed E-state index contributed by atoms with van der Waals surface area (Å²) in [5.74, 6) is 0. The minimum Gasteiger partial charge on any atom is -0.303 e.